The van der Waals surface area contributed by atoms with Crippen LogP contribution in [0, 0.1) is 5.92 Å². The van der Waals surface area contributed by atoms with Crippen LogP contribution in [-0.4, -0.2) is 13.3 Å². The van der Waals surface area contributed by atoms with Crippen molar-refractivity contribution in [3.8, 4) is 11.5 Å². The molecular weight excluding hydrogens is 178 g/mol. The van der Waals surface area contributed by atoms with Crippen molar-refractivity contribution >= 4 is 0 Å². The van der Waals surface area contributed by atoms with E-state index in [1.165, 1.54) is 12.0 Å². The molecule has 0 bridgehead atoms. The normalized spacial score (nSPS) is 27.8. The fourth-order valence-corrected chi connectivity index (χ4v) is 2.13. The van der Waals surface area contributed by atoms with Crippen molar-refractivity contribution in [2.75, 3.05) is 13.3 Å². The minimum atomic E-state index is 0.354. The zero-order chi connectivity index (χ0) is 9.54. The average molecular weight is 191 g/mol. The van der Waals surface area contributed by atoms with Gasteiger partial charge in [0.2, 0.25) is 6.79 Å². The number of fused-ring (bicyclic) bond motifs is 1. The second-order valence-electron chi connectivity index (χ2n) is 3.92. The van der Waals surface area contributed by atoms with Crippen LogP contribution in [0.4, 0.5) is 0 Å². The van der Waals surface area contributed by atoms with Crippen LogP contribution in [0.1, 0.15) is 17.9 Å². The van der Waals surface area contributed by atoms with Gasteiger partial charge in [0, 0.05) is 5.56 Å². The van der Waals surface area contributed by atoms with Crippen LogP contribution in [0.5, 0.6) is 11.5 Å². The van der Waals surface area contributed by atoms with E-state index in [1.807, 2.05) is 12.1 Å². The highest BCUT2D eigenvalue weighted by Gasteiger charge is 2.40. The molecule has 1 saturated carbocycles. The minimum absolute atomic E-state index is 0.354. The summed E-state index contributed by atoms with van der Waals surface area (Å²) in [6.07, 6.45) is 1.19. The number of para-hydroxylation sites is 1. The van der Waals surface area contributed by atoms with Gasteiger partial charge in [0.25, 0.3) is 0 Å². The fraction of sp³-hybridized carbons (Fsp3) is 0.455. The van der Waals surface area contributed by atoms with E-state index < -0.39 is 0 Å². The van der Waals surface area contributed by atoms with Crippen LogP contribution in [0.25, 0.3) is 0 Å². The number of hydrogen-bond donors (Lipinski definition) is 1. The summed E-state index contributed by atoms with van der Waals surface area (Å²) in [6.45, 7) is 1.13. The van der Waals surface area contributed by atoms with Crippen LogP contribution >= 0.6 is 0 Å². The molecule has 3 nitrogen and oxygen atoms in total. The smallest absolute Gasteiger partial charge is 0.231 e. The highest BCUT2D eigenvalue weighted by Crippen LogP contribution is 2.52. The van der Waals surface area contributed by atoms with Gasteiger partial charge in [0.05, 0.1) is 0 Å². The predicted molar refractivity (Wildman–Crippen MR) is 52.5 cm³/mol. The molecule has 2 N–H and O–H groups in total. The van der Waals surface area contributed by atoms with Crippen molar-refractivity contribution in [3.63, 3.8) is 0 Å². The summed E-state index contributed by atoms with van der Waals surface area (Å²) < 4.78 is 10.8. The van der Waals surface area contributed by atoms with Crippen molar-refractivity contribution < 1.29 is 9.47 Å². The van der Waals surface area contributed by atoms with Crippen LogP contribution < -0.4 is 15.2 Å². The van der Waals surface area contributed by atoms with Gasteiger partial charge in [-0.1, -0.05) is 12.1 Å². The molecule has 0 aromatic heterocycles. The summed E-state index contributed by atoms with van der Waals surface area (Å²) in [5.74, 6) is 3.06. The third-order valence-corrected chi connectivity index (χ3v) is 3.05. The summed E-state index contributed by atoms with van der Waals surface area (Å²) in [5, 5.41) is 0. The van der Waals surface area contributed by atoms with Gasteiger partial charge in [-0.2, -0.15) is 0 Å². The quantitative estimate of drug-likeness (QED) is 0.770. The van der Waals surface area contributed by atoms with Gasteiger partial charge >= 0.3 is 0 Å². The molecule has 0 unspecified atom stereocenters. The van der Waals surface area contributed by atoms with Crippen molar-refractivity contribution in [1.82, 2.24) is 0 Å². The number of ether oxygens (including phenoxy) is 2. The molecule has 2 atom stereocenters. The van der Waals surface area contributed by atoms with Crippen molar-refractivity contribution in [1.29, 1.82) is 0 Å². The zero-order valence-corrected chi connectivity index (χ0v) is 7.90. The molecule has 14 heavy (non-hydrogen) atoms. The number of rotatable bonds is 2. The van der Waals surface area contributed by atoms with E-state index in [2.05, 4.69) is 6.07 Å². The maximum atomic E-state index is 5.63. The Bertz CT molecular complexity index is 364. The molecule has 1 aliphatic carbocycles. The predicted octanol–water partition coefficient (Wildman–Crippen LogP) is 1.48. The van der Waals surface area contributed by atoms with Gasteiger partial charge in [-0.15, -0.1) is 0 Å². The molecule has 2 aliphatic rings. The second-order valence-corrected chi connectivity index (χ2v) is 3.92. The first kappa shape index (κ1) is 8.12. The molecule has 0 amide bonds. The summed E-state index contributed by atoms with van der Waals surface area (Å²) in [5.41, 5.74) is 6.91. The first-order valence-electron chi connectivity index (χ1n) is 4.98. The molecule has 3 heteroatoms. The Labute approximate surface area is 82.8 Å². The third-order valence-electron chi connectivity index (χ3n) is 3.05. The summed E-state index contributed by atoms with van der Waals surface area (Å²) >= 11 is 0. The number of benzene rings is 1. The third kappa shape index (κ3) is 1.09. The van der Waals surface area contributed by atoms with Gasteiger partial charge in [-0.3, -0.25) is 0 Å². The van der Waals surface area contributed by atoms with Crippen molar-refractivity contribution in [2.45, 2.75) is 12.3 Å². The van der Waals surface area contributed by atoms with Crippen LogP contribution in [-0.2, 0) is 0 Å². The minimum Gasteiger partial charge on any atom is -0.454 e. The van der Waals surface area contributed by atoms with Gasteiger partial charge in [-0.05, 0) is 30.9 Å². The number of nitrogens with two attached hydrogens (primary N) is 1. The summed E-state index contributed by atoms with van der Waals surface area (Å²) in [6, 6.07) is 6.09. The topological polar surface area (TPSA) is 44.5 Å². The largest absolute Gasteiger partial charge is 0.454 e. The van der Waals surface area contributed by atoms with Gasteiger partial charge < -0.3 is 15.2 Å². The van der Waals surface area contributed by atoms with E-state index in [0.29, 0.717) is 18.6 Å². The Morgan fingerprint density at radius 3 is 3.07 bits per heavy atom. The lowest BCUT2D eigenvalue weighted by atomic mass is 10.1. The van der Waals surface area contributed by atoms with Gasteiger partial charge in [0.1, 0.15) is 0 Å². The van der Waals surface area contributed by atoms with Gasteiger partial charge in [-0.25, -0.2) is 0 Å². The van der Waals surface area contributed by atoms with Crippen molar-refractivity contribution in [2.24, 2.45) is 11.7 Å². The summed E-state index contributed by atoms with van der Waals surface area (Å²) in [4.78, 5) is 0. The first-order chi connectivity index (χ1) is 6.90. The Kier molecular flexibility index (Phi) is 1.67. The highest BCUT2D eigenvalue weighted by atomic mass is 16.7. The maximum absolute atomic E-state index is 5.63. The van der Waals surface area contributed by atoms with E-state index in [-0.39, 0.29) is 0 Å². The molecule has 0 spiro atoms. The van der Waals surface area contributed by atoms with Crippen LogP contribution in [0.15, 0.2) is 18.2 Å². The number of hydrogen-bond acceptors (Lipinski definition) is 3. The molecule has 0 saturated heterocycles. The van der Waals surface area contributed by atoms with Gasteiger partial charge in [0.15, 0.2) is 11.5 Å². The molecule has 74 valence electrons. The van der Waals surface area contributed by atoms with Crippen LogP contribution in [0.3, 0.4) is 0 Å². The summed E-state index contributed by atoms with van der Waals surface area (Å²) in [7, 11) is 0. The molecule has 3 rings (SSSR count). The molecule has 1 heterocycles. The Morgan fingerprint density at radius 1 is 1.36 bits per heavy atom. The lowest BCUT2D eigenvalue weighted by Crippen LogP contribution is -2.02. The standard InChI is InChI=1S/C11H13NO2/c12-5-7-4-9(7)8-2-1-3-10-11(8)14-6-13-10/h1-3,7,9H,4-6,12H2/t7-,9+/m0/s1. The molecule has 1 aromatic rings. The SMILES string of the molecule is NC[C@@H]1C[C@H]1c1cccc2c1OCO2. The van der Waals surface area contributed by atoms with Crippen LogP contribution in [0.2, 0.25) is 0 Å². The molecule has 0 radical (unpaired) electrons. The zero-order valence-electron chi connectivity index (χ0n) is 7.90. The molecular formula is C11H13NO2. The fourth-order valence-electron chi connectivity index (χ4n) is 2.13. The Balaban J connectivity index is 1.95. The molecule has 1 aliphatic heterocycles. The first-order valence-corrected chi connectivity index (χ1v) is 4.98. The Hall–Kier alpha value is -1.22. The van der Waals surface area contributed by atoms with Crippen molar-refractivity contribution in [3.05, 3.63) is 23.8 Å². The lowest BCUT2D eigenvalue weighted by molar-refractivity contribution is 0.173. The molecule has 1 fully saturated rings. The maximum Gasteiger partial charge on any atom is 0.231 e. The Morgan fingerprint density at radius 2 is 2.29 bits per heavy atom. The molecule has 1 aromatic carbocycles. The average Bonchev–Trinajstić information content (AvgIpc) is 2.85. The van der Waals surface area contributed by atoms with E-state index in [1.54, 1.807) is 0 Å². The van der Waals surface area contributed by atoms with E-state index >= 15 is 0 Å². The van der Waals surface area contributed by atoms with E-state index in [9.17, 15) is 0 Å². The highest BCUT2D eigenvalue weighted by molar-refractivity contribution is 5.51. The lowest BCUT2D eigenvalue weighted by Gasteiger charge is -2.03. The van der Waals surface area contributed by atoms with E-state index in [0.717, 1.165) is 18.0 Å². The van der Waals surface area contributed by atoms with E-state index in [4.69, 9.17) is 15.2 Å². The monoisotopic (exact) mass is 191 g/mol. The second kappa shape index (κ2) is 2.89.